The van der Waals surface area contributed by atoms with Crippen LogP contribution in [0.15, 0.2) is 40.9 Å². The molecule has 1 aliphatic rings. The number of thiazole rings is 1. The number of benzene rings is 2. The van der Waals surface area contributed by atoms with Crippen LogP contribution in [0.3, 0.4) is 0 Å². The van der Waals surface area contributed by atoms with Crippen LogP contribution in [0.4, 0.5) is 5.13 Å². The van der Waals surface area contributed by atoms with E-state index in [0.29, 0.717) is 23.6 Å². The zero-order valence-electron chi connectivity index (χ0n) is 17.6. The Morgan fingerprint density at radius 1 is 1.16 bits per heavy atom. The van der Waals surface area contributed by atoms with E-state index in [-0.39, 0.29) is 5.91 Å². The van der Waals surface area contributed by atoms with Crippen molar-refractivity contribution in [3.63, 3.8) is 0 Å². The molecule has 0 saturated carbocycles. The third-order valence-electron chi connectivity index (χ3n) is 5.33. The predicted molar refractivity (Wildman–Crippen MR) is 128 cm³/mol. The highest BCUT2D eigenvalue weighted by Gasteiger charge is 2.21. The van der Waals surface area contributed by atoms with Gasteiger partial charge in [0.1, 0.15) is 5.52 Å². The summed E-state index contributed by atoms with van der Waals surface area (Å²) in [6, 6.07) is 11.4. The molecule has 0 spiro atoms. The molecule has 1 N–H and O–H groups in total. The Labute approximate surface area is 194 Å². The van der Waals surface area contributed by atoms with Crippen molar-refractivity contribution in [2.45, 2.75) is 0 Å². The van der Waals surface area contributed by atoms with Crippen LogP contribution in [-0.2, 0) is 0 Å². The van der Waals surface area contributed by atoms with E-state index in [9.17, 15) is 4.79 Å². The Morgan fingerprint density at radius 2 is 1.97 bits per heavy atom. The summed E-state index contributed by atoms with van der Waals surface area (Å²) in [6.07, 6.45) is 0. The van der Waals surface area contributed by atoms with Crippen molar-refractivity contribution in [1.82, 2.24) is 15.2 Å². The largest absolute Gasteiger partial charge is 0.493 e. The molecule has 31 heavy (non-hydrogen) atoms. The number of ether oxygens (including phenoxy) is 2. The molecular weight excluding hydrogens is 480 g/mol. The number of carbonyl (C=O) groups is 1. The molecule has 0 radical (unpaired) electrons. The maximum Gasteiger partial charge on any atom is 0.251 e. The average molecular weight is 505 g/mol. The second-order valence-corrected chi connectivity index (χ2v) is 9.16. The van der Waals surface area contributed by atoms with Gasteiger partial charge in [-0.1, -0.05) is 33.3 Å². The number of carbonyl (C=O) groups excluding carboxylic acids is 1. The quantitative estimate of drug-likeness (QED) is 0.529. The molecule has 3 aromatic rings. The highest BCUT2D eigenvalue weighted by molar-refractivity contribution is 9.10. The zero-order valence-corrected chi connectivity index (χ0v) is 20.0. The van der Waals surface area contributed by atoms with E-state index in [2.05, 4.69) is 31.0 Å². The number of hydrogen-bond acceptors (Lipinski definition) is 7. The van der Waals surface area contributed by atoms with Crippen LogP contribution in [0.25, 0.3) is 10.2 Å². The van der Waals surface area contributed by atoms with Crippen LogP contribution in [0.1, 0.15) is 10.4 Å². The van der Waals surface area contributed by atoms with Gasteiger partial charge in [0.2, 0.25) is 0 Å². The molecule has 0 aliphatic carbocycles. The summed E-state index contributed by atoms with van der Waals surface area (Å²) in [5, 5.41) is 4.01. The minimum absolute atomic E-state index is 0.0428. The fourth-order valence-electron chi connectivity index (χ4n) is 3.65. The molecule has 2 heterocycles. The Morgan fingerprint density at radius 3 is 2.68 bits per heavy atom. The van der Waals surface area contributed by atoms with Gasteiger partial charge in [-0.2, -0.15) is 0 Å². The third-order valence-corrected chi connectivity index (χ3v) is 6.91. The third kappa shape index (κ3) is 4.94. The fourth-order valence-corrected chi connectivity index (χ4v) is 5.07. The topological polar surface area (TPSA) is 66.9 Å². The lowest BCUT2D eigenvalue weighted by molar-refractivity contribution is 0.0947. The molecule has 4 rings (SSSR count). The first-order chi connectivity index (χ1) is 15.1. The van der Waals surface area contributed by atoms with E-state index in [1.165, 1.54) is 0 Å². The fraction of sp³-hybridized carbons (Fsp3) is 0.364. The number of halogens is 1. The van der Waals surface area contributed by atoms with Gasteiger partial charge in [-0.25, -0.2) is 4.98 Å². The van der Waals surface area contributed by atoms with Crippen molar-refractivity contribution in [2.24, 2.45) is 0 Å². The van der Waals surface area contributed by atoms with Crippen LogP contribution < -0.4 is 19.7 Å². The van der Waals surface area contributed by atoms with Gasteiger partial charge < -0.3 is 19.7 Å². The molecule has 1 fully saturated rings. The summed E-state index contributed by atoms with van der Waals surface area (Å²) in [6.45, 7) is 5.13. The molecular formula is C22H25BrN4O3S. The van der Waals surface area contributed by atoms with Crippen LogP contribution in [0, 0.1) is 0 Å². The van der Waals surface area contributed by atoms with Crippen molar-refractivity contribution >= 4 is 48.5 Å². The minimum atomic E-state index is -0.0428. The Kier molecular flexibility index (Phi) is 6.94. The first-order valence-electron chi connectivity index (χ1n) is 10.1. The van der Waals surface area contributed by atoms with E-state index in [1.54, 1.807) is 25.6 Å². The maximum atomic E-state index is 12.3. The number of amides is 1. The first kappa shape index (κ1) is 21.9. The van der Waals surface area contributed by atoms with Crippen LogP contribution in [0.2, 0.25) is 0 Å². The lowest BCUT2D eigenvalue weighted by atomic mass is 10.2. The smallest absolute Gasteiger partial charge is 0.251 e. The summed E-state index contributed by atoms with van der Waals surface area (Å²) in [5.41, 5.74) is 1.52. The van der Waals surface area contributed by atoms with E-state index in [0.717, 1.165) is 52.5 Å². The maximum absolute atomic E-state index is 12.3. The van der Waals surface area contributed by atoms with Crippen LogP contribution >= 0.6 is 27.3 Å². The summed E-state index contributed by atoms with van der Waals surface area (Å²) >= 11 is 5.08. The van der Waals surface area contributed by atoms with Gasteiger partial charge >= 0.3 is 0 Å². The highest BCUT2D eigenvalue weighted by Crippen LogP contribution is 2.40. The first-order valence-corrected chi connectivity index (χ1v) is 11.7. The van der Waals surface area contributed by atoms with Crippen molar-refractivity contribution in [3.05, 3.63) is 46.4 Å². The van der Waals surface area contributed by atoms with E-state index >= 15 is 0 Å². The summed E-state index contributed by atoms with van der Waals surface area (Å²) in [5.74, 6) is 1.34. The zero-order chi connectivity index (χ0) is 21.8. The number of anilines is 1. The normalized spacial score (nSPS) is 14.6. The van der Waals surface area contributed by atoms with Crippen molar-refractivity contribution in [2.75, 3.05) is 58.4 Å². The van der Waals surface area contributed by atoms with Gasteiger partial charge in [0.25, 0.3) is 5.91 Å². The minimum Gasteiger partial charge on any atom is -0.493 e. The molecule has 0 atom stereocenters. The molecule has 7 nitrogen and oxygen atoms in total. The monoisotopic (exact) mass is 504 g/mol. The molecule has 164 valence electrons. The van der Waals surface area contributed by atoms with Crippen molar-refractivity contribution < 1.29 is 14.3 Å². The van der Waals surface area contributed by atoms with Gasteiger partial charge in [-0.05, 0) is 30.3 Å². The van der Waals surface area contributed by atoms with Crippen LogP contribution in [-0.4, -0.2) is 69.3 Å². The SMILES string of the molecule is COc1ccc2sc(N3CCN(CCNC(=O)c4cccc(Br)c4)CC3)nc2c1OC. The number of methoxy groups -OCH3 is 2. The average Bonchev–Trinajstić information content (AvgIpc) is 3.23. The van der Waals surface area contributed by atoms with E-state index < -0.39 is 0 Å². The van der Waals surface area contributed by atoms with Crippen molar-refractivity contribution in [1.29, 1.82) is 0 Å². The molecule has 1 aromatic heterocycles. The number of nitrogens with zero attached hydrogens (tertiary/aromatic N) is 3. The van der Waals surface area contributed by atoms with Crippen LogP contribution in [0.5, 0.6) is 11.5 Å². The van der Waals surface area contributed by atoms with Gasteiger partial charge in [0.05, 0.1) is 18.9 Å². The second kappa shape index (κ2) is 9.84. The number of aromatic nitrogens is 1. The predicted octanol–water partition coefficient (Wildman–Crippen LogP) is 3.63. The molecule has 0 bridgehead atoms. The lowest BCUT2D eigenvalue weighted by Crippen LogP contribution is -2.48. The molecule has 1 aliphatic heterocycles. The van der Waals surface area contributed by atoms with Gasteiger partial charge in [-0.15, -0.1) is 0 Å². The Hall–Kier alpha value is -2.36. The molecule has 9 heteroatoms. The number of rotatable bonds is 7. The number of fused-ring (bicyclic) bond motifs is 1. The standard InChI is InChI=1S/C22H25BrN4O3S/c1-29-17-6-7-18-19(20(17)30-2)25-22(31-18)27-12-10-26(11-13-27)9-8-24-21(28)15-4-3-5-16(23)14-15/h3-7,14H,8-13H2,1-2H3,(H,24,28). The van der Waals surface area contributed by atoms with Gasteiger partial charge in [0, 0.05) is 49.3 Å². The molecule has 1 saturated heterocycles. The molecule has 2 aromatic carbocycles. The number of hydrogen-bond donors (Lipinski definition) is 1. The van der Waals surface area contributed by atoms with E-state index in [4.69, 9.17) is 14.5 Å². The van der Waals surface area contributed by atoms with Crippen molar-refractivity contribution in [3.8, 4) is 11.5 Å². The number of piperazine rings is 1. The Bertz CT molecular complexity index is 1070. The Balaban J connectivity index is 1.30. The lowest BCUT2D eigenvalue weighted by Gasteiger charge is -2.34. The van der Waals surface area contributed by atoms with E-state index in [1.807, 2.05) is 36.4 Å². The second-order valence-electron chi connectivity index (χ2n) is 7.24. The van der Waals surface area contributed by atoms with Gasteiger partial charge in [-0.3, -0.25) is 9.69 Å². The number of nitrogens with one attached hydrogen (secondary N) is 1. The summed E-state index contributed by atoms with van der Waals surface area (Å²) in [7, 11) is 3.28. The summed E-state index contributed by atoms with van der Waals surface area (Å²) < 4.78 is 12.9. The summed E-state index contributed by atoms with van der Waals surface area (Å²) in [4.78, 5) is 21.8. The van der Waals surface area contributed by atoms with Gasteiger partial charge in [0.15, 0.2) is 16.6 Å². The molecule has 1 amide bonds. The highest BCUT2D eigenvalue weighted by atomic mass is 79.9. The molecule has 0 unspecified atom stereocenters.